The monoisotopic (exact) mass is 360 g/mol. The van der Waals surface area contributed by atoms with Crippen LogP contribution in [0.4, 0.5) is 0 Å². The highest BCUT2D eigenvalue weighted by atomic mass is 16.5. The molecule has 1 aliphatic rings. The second-order valence-corrected chi connectivity index (χ2v) is 8.31. The fourth-order valence-corrected chi connectivity index (χ4v) is 3.40. The molecule has 0 atom stereocenters. The standard InChI is InChI=1S/C22H32O4/c1-5-6-15-25-20(23)16-7-9-17(10-8-16)21(24)26-19-13-11-18(12-14-19)22(2,3)4/h7-10,18-19H,5-6,11-15H2,1-4H3. The zero-order valence-electron chi connectivity index (χ0n) is 16.5. The molecule has 0 N–H and O–H groups in total. The van der Waals surface area contributed by atoms with Gasteiger partial charge in [0.05, 0.1) is 17.7 Å². The summed E-state index contributed by atoms with van der Waals surface area (Å²) in [5, 5.41) is 0. The van der Waals surface area contributed by atoms with Crippen LogP contribution in [0.5, 0.6) is 0 Å². The van der Waals surface area contributed by atoms with Crippen LogP contribution in [-0.2, 0) is 9.47 Å². The first-order valence-electron chi connectivity index (χ1n) is 9.79. The highest BCUT2D eigenvalue weighted by molar-refractivity contribution is 5.93. The second kappa shape index (κ2) is 9.20. The van der Waals surface area contributed by atoms with Crippen LogP contribution >= 0.6 is 0 Å². The largest absolute Gasteiger partial charge is 0.462 e. The van der Waals surface area contributed by atoms with Gasteiger partial charge in [-0.25, -0.2) is 9.59 Å². The Bertz CT molecular complexity index is 590. The lowest BCUT2D eigenvalue weighted by Gasteiger charge is -2.36. The molecule has 1 fully saturated rings. The van der Waals surface area contributed by atoms with Crippen LogP contribution in [0.2, 0.25) is 0 Å². The molecule has 0 heterocycles. The molecular formula is C22H32O4. The SMILES string of the molecule is CCCCOC(=O)c1ccc(C(=O)OC2CCC(C(C)(C)C)CC2)cc1. The van der Waals surface area contributed by atoms with Gasteiger partial charge in [0, 0.05) is 0 Å². The number of benzene rings is 1. The highest BCUT2D eigenvalue weighted by Gasteiger charge is 2.31. The molecule has 0 aromatic heterocycles. The lowest BCUT2D eigenvalue weighted by Crippen LogP contribution is -2.30. The number of hydrogen-bond donors (Lipinski definition) is 0. The van der Waals surface area contributed by atoms with Crippen LogP contribution in [0.1, 0.15) is 86.9 Å². The molecule has 1 saturated carbocycles. The van der Waals surface area contributed by atoms with Gasteiger partial charge in [-0.15, -0.1) is 0 Å². The number of carbonyl (C=O) groups is 2. The van der Waals surface area contributed by atoms with Crippen molar-refractivity contribution >= 4 is 11.9 Å². The van der Waals surface area contributed by atoms with Crippen molar-refractivity contribution in [2.45, 2.75) is 72.3 Å². The Labute approximate surface area is 157 Å². The molecular weight excluding hydrogens is 328 g/mol. The summed E-state index contributed by atoms with van der Waals surface area (Å²) in [6.45, 7) is 9.30. The van der Waals surface area contributed by atoms with Crippen molar-refractivity contribution in [2.75, 3.05) is 6.61 Å². The van der Waals surface area contributed by atoms with E-state index < -0.39 is 0 Å². The van der Waals surface area contributed by atoms with Gasteiger partial charge in [0.15, 0.2) is 0 Å². The van der Waals surface area contributed by atoms with Crippen molar-refractivity contribution < 1.29 is 19.1 Å². The molecule has 4 nitrogen and oxygen atoms in total. The molecule has 1 aromatic carbocycles. The summed E-state index contributed by atoms with van der Waals surface area (Å²) in [5.41, 5.74) is 1.26. The van der Waals surface area contributed by atoms with E-state index in [4.69, 9.17) is 9.47 Å². The Kier molecular flexibility index (Phi) is 7.24. The van der Waals surface area contributed by atoms with E-state index in [0.29, 0.717) is 29.1 Å². The highest BCUT2D eigenvalue weighted by Crippen LogP contribution is 2.38. The molecule has 0 radical (unpaired) electrons. The van der Waals surface area contributed by atoms with E-state index in [1.54, 1.807) is 24.3 Å². The molecule has 2 rings (SSSR count). The van der Waals surface area contributed by atoms with Crippen molar-refractivity contribution in [3.05, 3.63) is 35.4 Å². The fourth-order valence-electron chi connectivity index (χ4n) is 3.40. The minimum absolute atomic E-state index is 0.000198. The molecule has 0 aliphatic heterocycles. The third-order valence-electron chi connectivity index (χ3n) is 5.26. The average molecular weight is 360 g/mol. The number of hydrogen-bond acceptors (Lipinski definition) is 4. The van der Waals surface area contributed by atoms with Crippen molar-refractivity contribution in [3.8, 4) is 0 Å². The maximum absolute atomic E-state index is 12.3. The third-order valence-corrected chi connectivity index (χ3v) is 5.26. The Morgan fingerprint density at radius 1 is 0.962 bits per heavy atom. The van der Waals surface area contributed by atoms with E-state index in [1.165, 1.54) is 0 Å². The predicted molar refractivity (Wildman–Crippen MR) is 102 cm³/mol. The normalized spacial score (nSPS) is 20.5. The van der Waals surface area contributed by atoms with Crippen LogP contribution in [0.25, 0.3) is 0 Å². The Balaban J connectivity index is 1.84. The van der Waals surface area contributed by atoms with Gasteiger partial charge >= 0.3 is 11.9 Å². The first kappa shape index (κ1) is 20.5. The third kappa shape index (κ3) is 5.86. The van der Waals surface area contributed by atoms with Crippen LogP contribution in [0.15, 0.2) is 24.3 Å². The average Bonchev–Trinajstić information content (AvgIpc) is 2.61. The van der Waals surface area contributed by atoms with Gasteiger partial charge in [0.2, 0.25) is 0 Å². The quantitative estimate of drug-likeness (QED) is 0.503. The maximum Gasteiger partial charge on any atom is 0.338 e. The molecule has 4 heteroatoms. The van der Waals surface area contributed by atoms with E-state index in [1.807, 2.05) is 6.92 Å². The van der Waals surface area contributed by atoms with Crippen molar-refractivity contribution in [1.29, 1.82) is 0 Å². The van der Waals surface area contributed by atoms with E-state index in [9.17, 15) is 9.59 Å². The molecule has 26 heavy (non-hydrogen) atoms. The predicted octanol–water partition coefficient (Wildman–Crippen LogP) is 5.41. The minimum atomic E-state index is -0.348. The van der Waals surface area contributed by atoms with Crippen molar-refractivity contribution in [1.82, 2.24) is 0 Å². The number of unbranched alkanes of at least 4 members (excludes halogenated alkanes) is 1. The lowest BCUT2D eigenvalue weighted by atomic mass is 9.72. The molecule has 1 aromatic rings. The zero-order valence-corrected chi connectivity index (χ0v) is 16.5. The summed E-state index contributed by atoms with van der Waals surface area (Å²) < 4.78 is 10.8. The fraction of sp³-hybridized carbons (Fsp3) is 0.636. The number of ether oxygens (including phenoxy) is 2. The molecule has 0 saturated heterocycles. The van der Waals surface area contributed by atoms with Gasteiger partial charge in [0.25, 0.3) is 0 Å². The van der Waals surface area contributed by atoms with E-state index in [-0.39, 0.29) is 18.0 Å². The second-order valence-electron chi connectivity index (χ2n) is 8.31. The number of carbonyl (C=O) groups excluding carboxylic acids is 2. The lowest BCUT2D eigenvalue weighted by molar-refractivity contribution is 0.00925. The number of rotatable bonds is 6. The van der Waals surface area contributed by atoms with Gasteiger partial charge < -0.3 is 9.47 Å². The summed E-state index contributed by atoms with van der Waals surface area (Å²) >= 11 is 0. The van der Waals surface area contributed by atoms with E-state index >= 15 is 0 Å². The summed E-state index contributed by atoms with van der Waals surface area (Å²) in [6, 6.07) is 6.53. The zero-order chi connectivity index (χ0) is 19.2. The van der Waals surface area contributed by atoms with Gasteiger partial charge in [-0.1, -0.05) is 34.1 Å². The van der Waals surface area contributed by atoms with E-state index in [2.05, 4.69) is 20.8 Å². The van der Waals surface area contributed by atoms with Gasteiger partial charge in [0.1, 0.15) is 6.10 Å². The first-order chi connectivity index (χ1) is 12.3. The van der Waals surface area contributed by atoms with Crippen LogP contribution in [0.3, 0.4) is 0 Å². The Hall–Kier alpha value is -1.84. The summed E-state index contributed by atoms with van der Waals surface area (Å²) in [7, 11) is 0. The van der Waals surface area contributed by atoms with Gasteiger partial charge in [-0.3, -0.25) is 0 Å². The first-order valence-corrected chi connectivity index (χ1v) is 9.79. The molecule has 0 amide bonds. The maximum atomic E-state index is 12.3. The van der Waals surface area contributed by atoms with Crippen LogP contribution in [-0.4, -0.2) is 24.6 Å². The smallest absolute Gasteiger partial charge is 0.338 e. The van der Waals surface area contributed by atoms with Gasteiger partial charge in [-0.2, -0.15) is 0 Å². The number of esters is 2. The van der Waals surface area contributed by atoms with E-state index in [0.717, 1.165) is 38.5 Å². The van der Waals surface area contributed by atoms with Crippen LogP contribution < -0.4 is 0 Å². The van der Waals surface area contributed by atoms with Gasteiger partial charge in [-0.05, 0) is 67.7 Å². The molecule has 0 bridgehead atoms. The summed E-state index contributed by atoms with van der Waals surface area (Å²) in [6.07, 6.45) is 5.89. The summed E-state index contributed by atoms with van der Waals surface area (Å²) in [5.74, 6) is 0.0319. The minimum Gasteiger partial charge on any atom is -0.462 e. The van der Waals surface area contributed by atoms with Crippen molar-refractivity contribution in [2.24, 2.45) is 11.3 Å². The summed E-state index contributed by atoms with van der Waals surface area (Å²) in [4.78, 5) is 24.2. The van der Waals surface area contributed by atoms with Crippen LogP contribution in [0, 0.1) is 11.3 Å². The molecule has 0 spiro atoms. The Morgan fingerprint density at radius 3 is 2.00 bits per heavy atom. The molecule has 1 aliphatic carbocycles. The molecule has 0 unspecified atom stereocenters. The molecule has 144 valence electrons. The Morgan fingerprint density at radius 2 is 1.50 bits per heavy atom. The van der Waals surface area contributed by atoms with Crippen molar-refractivity contribution in [3.63, 3.8) is 0 Å². The topological polar surface area (TPSA) is 52.6 Å².